The number of halogens is 1. The molecule has 1 atom stereocenters. The van der Waals surface area contributed by atoms with E-state index in [0.717, 1.165) is 36.0 Å². The van der Waals surface area contributed by atoms with Crippen molar-refractivity contribution in [3.05, 3.63) is 83.4 Å². The first kappa shape index (κ1) is 24.0. The molecule has 6 nitrogen and oxygen atoms in total. The van der Waals surface area contributed by atoms with Crippen LogP contribution in [0.2, 0.25) is 5.02 Å². The molecular weight excluding hydrogens is 484 g/mol. The standard InChI is InChI=1S/C27H27ClN2O4S.H2/c28-22-10-8-21(9-11-22)27(14-15-27)26(32)29-23-4-1-3-20(17-23)19-6-12-25(13-7-19)35(33,34)30-16-2-5-24(30)18-31;/h1,3-4,6-13,17,24,31H,2,5,14-16,18H2,(H,29,32);1H/t24-;/m1./s1. The molecule has 2 fully saturated rings. The summed E-state index contributed by atoms with van der Waals surface area (Å²) in [4.78, 5) is 13.3. The van der Waals surface area contributed by atoms with E-state index >= 15 is 0 Å². The Morgan fingerprint density at radius 3 is 2.43 bits per heavy atom. The number of rotatable bonds is 7. The van der Waals surface area contributed by atoms with Gasteiger partial charge in [-0.25, -0.2) is 8.42 Å². The zero-order valence-electron chi connectivity index (χ0n) is 19.2. The first-order chi connectivity index (χ1) is 16.8. The summed E-state index contributed by atoms with van der Waals surface area (Å²) < 4.78 is 27.4. The number of anilines is 1. The Balaban J connectivity index is 0.00000304. The van der Waals surface area contributed by atoms with Crippen molar-refractivity contribution >= 4 is 33.2 Å². The number of amides is 1. The number of benzene rings is 3. The smallest absolute Gasteiger partial charge is 0.243 e. The highest BCUT2D eigenvalue weighted by atomic mass is 35.5. The van der Waals surface area contributed by atoms with Gasteiger partial charge in [0, 0.05) is 24.7 Å². The van der Waals surface area contributed by atoms with E-state index in [4.69, 9.17) is 11.6 Å². The van der Waals surface area contributed by atoms with Crippen LogP contribution in [0.5, 0.6) is 0 Å². The first-order valence-corrected chi connectivity index (χ1v) is 13.6. The maximum Gasteiger partial charge on any atom is 0.243 e. The molecule has 3 aromatic rings. The number of hydrogen-bond donors (Lipinski definition) is 2. The summed E-state index contributed by atoms with van der Waals surface area (Å²) >= 11 is 6.00. The second kappa shape index (κ2) is 9.39. The van der Waals surface area contributed by atoms with Crippen LogP contribution < -0.4 is 5.32 Å². The predicted molar refractivity (Wildman–Crippen MR) is 139 cm³/mol. The minimum Gasteiger partial charge on any atom is -0.395 e. The number of nitrogens with zero attached hydrogens (tertiary/aromatic N) is 1. The highest BCUT2D eigenvalue weighted by molar-refractivity contribution is 7.89. The number of sulfonamides is 1. The van der Waals surface area contributed by atoms with Gasteiger partial charge in [-0.05, 0) is 78.8 Å². The van der Waals surface area contributed by atoms with Crippen LogP contribution in [-0.2, 0) is 20.2 Å². The normalized spacial score (nSPS) is 19.4. The van der Waals surface area contributed by atoms with E-state index in [1.54, 1.807) is 24.3 Å². The molecule has 2 N–H and O–H groups in total. The van der Waals surface area contributed by atoms with E-state index in [-0.39, 0.29) is 24.9 Å². The summed E-state index contributed by atoms with van der Waals surface area (Å²) in [6, 6.07) is 21.3. The summed E-state index contributed by atoms with van der Waals surface area (Å²) in [5.74, 6) is -0.0394. The van der Waals surface area contributed by atoms with Gasteiger partial charge in [0.1, 0.15) is 0 Å². The SMILES string of the molecule is O=C(Nc1cccc(-c2ccc(S(=O)(=O)N3CCC[C@@H]3CO)cc2)c1)C1(c2ccc(Cl)cc2)CC1.[HH]. The highest BCUT2D eigenvalue weighted by Gasteiger charge is 2.51. The maximum absolute atomic E-state index is 13.1. The van der Waals surface area contributed by atoms with Crippen LogP contribution in [0.4, 0.5) is 5.69 Å². The fourth-order valence-electron chi connectivity index (χ4n) is 4.83. The lowest BCUT2D eigenvalue weighted by Gasteiger charge is -2.22. The van der Waals surface area contributed by atoms with Crippen molar-refractivity contribution in [2.24, 2.45) is 0 Å². The third-order valence-corrected chi connectivity index (χ3v) is 9.25. The Hall–Kier alpha value is -2.71. The Morgan fingerprint density at radius 2 is 1.77 bits per heavy atom. The molecule has 5 rings (SSSR count). The minimum absolute atomic E-state index is 0. The summed E-state index contributed by atoms with van der Waals surface area (Å²) in [6.45, 7) is 0.254. The van der Waals surface area contributed by atoms with Gasteiger partial charge in [-0.2, -0.15) is 4.31 Å². The van der Waals surface area contributed by atoms with Gasteiger partial charge >= 0.3 is 0 Å². The molecule has 0 bridgehead atoms. The maximum atomic E-state index is 13.1. The van der Waals surface area contributed by atoms with Crippen LogP contribution >= 0.6 is 11.6 Å². The molecule has 1 amide bonds. The van der Waals surface area contributed by atoms with Gasteiger partial charge in [0.25, 0.3) is 0 Å². The fraction of sp³-hybridized carbons (Fsp3) is 0.296. The van der Waals surface area contributed by atoms with E-state index in [1.165, 1.54) is 4.31 Å². The van der Waals surface area contributed by atoms with Crippen molar-refractivity contribution in [3.8, 4) is 11.1 Å². The van der Waals surface area contributed by atoms with E-state index in [9.17, 15) is 18.3 Å². The van der Waals surface area contributed by atoms with Gasteiger partial charge in [0.05, 0.1) is 16.9 Å². The molecule has 0 aromatic heterocycles. The van der Waals surface area contributed by atoms with Crippen LogP contribution in [-0.4, -0.2) is 42.9 Å². The first-order valence-electron chi connectivity index (χ1n) is 11.7. The van der Waals surface area contributed by atoms with Gasteiger partial charge in [0.15, 0.2) is 0 Å². The Kier molecular flexibility index (Phi) is 6.44. The van der Waals surface area contributed by atoms with E-state index in [0.29, 0.717) is 23.7 Å². The van der Waals surface area contributed by atoms with E-state index in [2.05, 4.69) is 5.32 Å². The van der Waals surface area contributed by atoms with Crippen LogP contribution in [0.25, 0.3) is 11.1 Å². The number of aliphatic hydroxyl groups excluding tert-OH is 1. The Bertz CT molecular complexity index is 1340. The lowest BCUT2D eigenvalue weighted by atomic mass is 9.95. The average Bonchev–Trinajstić information content (AvgIpc) is 3.54. The zero-order valence-corrected chi connectivity index (χ0v) is 20.7. The van der Waals surface area contributed by atoms with Crippen molar-refractivity contribution in [1.29, 1.82) is 0 Å². The molecule has 1 aliphatic carbocycles. The summed E-state index contributed by atoms with van der Waals surface area (Å²) in [5.41, 5.74) is 2.86. The molecule has 0 spiro atoms. The van der Waals surface area contributed by atoms with Gasteiger partial charge in [0.2, 0.25) is 15.9 Å². The van der Waals surface area contributed by atoms with Crippen LogP contribution in [0, 0.1) is 0 Å². The lowest BCUT2D eigenvalue weighted by Crippen LogP contribution is -2.37. The molecule has 3 aromatic carbocycles. The second-order valence-corrected chi connectivity index (χ2v) is 11.6. The molecule has 0 unspecified atom stereocenters. The highest BCUT2D eigenvalue weighted by Crippen LogP contribution is 2.49. The molecule has 184 valence electrons. The third kappa shape index (κ3) is 4.61. The van der Waals surface area contributed by atoms with Gasteiger partial charge in [-0.1, -0.05) is 48.0 Å². The fourth-order valence-corrected chi connectivity index (χ4v) is 6.64. The van der Waals surface area contributed by atoms with Gasteiger partial charge in [-0.3, -0.25) is 4.79 Å². The number of aliphatic hydroxyl groups is 1. The Morgan fingerprint density at radius 1 is 1.06 bits per heavy atom. The quantitative estimate of drug-likeness (QED) is 0.463. The predicted octanol–water partition coefficient (Wildman–Crippen LogP) is 5.07. The topological polar surface area (TPSA) is 86.7 Å². The third-order valence-electron chi connectivity index (χ3n) is 7.03. The molecule has 1 aliphatic heterocycles. The van der Waals surface area contributed by atoms with Crippen molar-refractivity contribution in [1.82, 2.24) is 4.31 Å². The molecule has 35 heavy (non-hydrogen) atoms. The molecular formula is C27H29ClN2O4S. The molecule has 2 aliphatic rings. The molecule has 1 saturated carbocycles. The molecule has 1 saturated heterocycles. The Labute approximate surface area is 212 Å². The molecule has 8 heteroatoms. The summed E-state index contributed by atoms with van der Waals surface area (Å²) in [7, 11) is -3.65. The average molecular weight is 513 g/mol. The number of carbonyl (C=O) groups is 1. The number of hydrogen-bond acceptors (Lipinski definition) is 4. The van der Waals surface area contributed by atoms with Gasteiger partial charge < -0.3 is 10.4 Å². The zero-order chi connectivity index (χ0) is 24.6. The molecule has 1 heterocycles. The van der Waals surface area contributed by atoms with Crippen molar-refractivity contribution in [3.63, 3.8) is 0 Å². The lowest BCUT2D eigenvalue weighted by molar-refractivity contribution is -0.118. The van der Waals surface area contributed by atoms with E-state index < -0.39 is 15.4 Å². The summed E-state index contributed by atoms with van der Waals surface area (Å²) in [5, 5.41) is 13.2. The van der Waals surface area contributed by atoms with Crippen molar-refractivity contribution < 1.29 is 19.7 Å². The summed E-state index contributed by atoms with van der Waals surface area (Å²) in [6.07, 6.45) is 3.01. The van der Waals surface area contributed by atoms with Crippen LogP contribution in [0.15, 0.2) is 77.7 Å². The largest absolute Gasteiger partial charge is 0.395 e. The minimum atomic E-state index is -3.65. The monoisotopic (exact) mass is 512 g/mol. The number of carbonyl (C=O) groups excluding carboxylic acids is 1. The molecule has 0 radical (unpaired) electrons. The van der Waals surface area contributed by atoms with Crippen LogP contribution in [0.1, 0.15) is 32.7 Å². The second-order valence-electron chi connectivity index (χ2n) is 9.24. The van der Waals surface area contributed by atoms with Gasteiger partial charge in [-0.15, -0.1) is 0 Å². The van der Waals surface area contributed by atoms with Crippen molar-refractivity contribution in [2.45, 2.75) is 42.0 Å². The van der Waals surface area contributed by atoms with Crippen molar-refractivity contribution in [2.75, 3.05) is 18.5 Å². The van der Waals surface area contributed by atoms with E-state index in [1.807, 2.05) is 48.5 Å². The number of nitrogens with one attached hydrogen (secondary N) is 1. The van der Waals surface area contributed by atoms with Crippen LogP contribution in [0.3, 0.4) is 0 Å².